The predicted molar refractivity (Wildman–Crippen MR) is 82.3 cm³/mol. The van der Waals surface area contributed by atoms with Crippen molar-refractivity contribution >= 4 is 6.09 Å². The summed E-state index contributed by atoms with van der Waals surface area (Å²) in [6.07, 6.45) is 2.56. The summed E-state index contributed by atoms with van der Waals surface area (Å²) < 4.78 is 5.47. The third kappa shape index (κ3) is 3.51. The second kappa shape index (κ2) is 5.76. The highest BCUT2D eigenvalue weighted by atomic mass is 16.6. The smallest absolute Gasteiger partial charge is 0.410 e. The van der Waals surface area contributed by atoms with Crippen LogP contribution in [-0.4, -0.2) is 78.2 Å². The minimum atomic E-state index is -0.399. The lowest BCUT2D eigenvalue weighted by Crippen LogP contribution is -2.61. The Morgan fingerprint density at radius 2 is 1.62 bits per heavy atom. The van der Waals surface area contributed by atoms with E-state index in [-0.39, 0.29) is 6.09 Å². The number of carbonyl (C=O) groups is 1. The van der Waals surface area contributed by atoms with Crippen LogP contribution in [-0.2, 0) is 4.74 Å². The Bertz CT molecular complexity index is 377. The molecule has 2 bridgehead atoms. The van der Waals surface area contributed by atoms with Gasteiger partial charge < -0.3 is 14.5 Å². The Hall–Kier alpha value is -0.810. The van der Waals surface area contributed by atoms with Gasteiger partial charge in [0.15, 0.2) is 0 Å². The molecule has 0 spiro atoms. The topological polar surface area (TPSA) is 36.0 Å². The zero-order valence-corrected chi connectivity index (χ0v) is 13.7. The minimum absolute atomic E-state index is 0.156. The fraction of sp³-hybridized carbons (Fsp3) is 0.938. The molecule has 0 aromatic carbocycles. The van der Waals surface area contributed by atoms with Crippen molar-refractivity contribution in [3.63, 3.8) is 0 Å². The van der Waals surface area contributed by atoms with Crippen LogP contribution in [0.2, 0.25) is 0 Å². The van der Waals surface area contributed by atoms with Gasteiger partial charge in [-0.05, 0) is 52.6 Å². The number of hydrogen-bond acceptors (Lipinski definition) is 4. The van der Waals surface area contributed by atoms with Crippen LogP contribution >= 0.6 is 0 Å². The average molecular weight is 295 g/mol. The molecule has 0 aromatic rings. The molecule has 4 rings (SSSR count). The van der Waals surface area contributed by atoms with Gasteiger partial charge in [0.25, 0.3) is 0 Å². The number of fused-ring (bicyclic) bond motifs is 3. The van der Waals surface area contributed by atoms with Gasteiger partial charge in [0, 0.05) is 38.8 Å². The van der Waals surface area contributed by atoms with E-state index in [0.717, 1.165) is 32.1 Å². The van der Waals surface area contributed by atoms with Crippen molar-refractivity contribution in [2.75, 3.05) is 45.8 Å². The van der Waals surface area contributed by atoms with Gasteiger partial charge in [0.2, 0.25) is 0 Å². The maximum atomic E-state index is 12.1. The predicted octanol–water partition coefficient (Wildman–Crippen LogP) is 1.63. The van der Waals surface area contributed by atoms with Crippen LogP contribution in [0.4, 0.5) is 4.79 Å². The first kappa shape index (κ1) is 15.1. The van der Waals surface area contributed by atoms with E-state index in [1.165, 1.54) is 32.5 Å². The minimum Gasteiger partial charge on any atom is -0.444 e. The molecule has 5 nitrogen and oxygen atoms in total. The van der Waals surface area contributed by atoms with E-state index >= 15 is 0 Å². The summed E-state index contributed by atoms with van der Waals surface area (Å²) in [7, 11) is 0. The van der Waals surface area contributed by atoms with Gasteiger partial charge in [-0.2, -0.15) is 0 Å². The molecule has 0 saturated carbocycles. The number of nitrogens with zero attached hydrogens (tertiary/aromatic N) is 3. The lowest BCUT2D eigenvalue weighted by molar-refractivity contribution is -0.0240. The molecule has 0 N–H and O–H groups in total. The fourth-order valence-electron chi connectivity index (χ4n) is 3.91. The lowest BCUT2D eigenvalue weighted by atomic mass is 9.83. The van der Waals surface area contributed by atoms with Crippen LogP contribution in [0, 0.1) is 5.92 Å². The molecule has 0 aliphatic carbocycles. The Morgan fingerprint density at radius 3 is 2.10 bits per heavy atom. The van der Waals surface area contributed by atoms with Crippen molar-refractivity contribution in [1.29, 1.82) is 0 Å². The fourth-order valence-corrected chi connectivity index (χ4v) is 3.91. The summed E-state index contributed by atoms with van der Waals surface area (Å²) in [5.74, 6) is 0.878. The number of piperidine rings is 3. The highest BCUT2D eigenvalue weighted by Gasteiger charge is 2.38. The highest BCUT2D eigenvalue weighted by Crippen LogP contribution is 2.31. The Kier molecular flexibility index (Phi) is 4.14. The van der Waals surface area contributed by atoms with E-state index in [2.05, 4.69) is 9.80 Å². The molecular formula is C16H29N3O2. The molecule has 1 atom stereocenters. The zero-order valence-electron chi connectivity index (χ0n) is 13.7. The second-order valence-electron chi connectivity index (χ2n) is 7.71. The van der Waals surface area contributed by atoms with Gasteiger partial charge in [-0.15, -0.1) is 0 Å². The molecular weight excluding hydrogens is 266 g/mol. The molecule has 0 aromatic heterocycles. The molecule has 4 saturated heterocycles. The number of piperazine rings is 1. The van der Waals surface area contributed by atoms with Gasteiger partial charge in [0.1, 0.15) is 5.60 Å². The number of carbonyl (C=O) groups excluding carboxylic acids is 1. The van der Waals surface area contributed by atoms with Crippen LogP contribution < -0.4 is 0 Å². The molecule has 21 heavy (non-hydrogen) atoms. The maximum Gasteiger partial charge on any atom is 0.410 e. The van der Waals surface area contributed by atoms with Crippen molar-refractivity contribution in [2.45, 2.75) is 45.3 Å². The number of rotatable bonds is 1. The standard InChI is InChI=1S/C16H29N3O2/c1-16(2,3)21-15(20)19-10-8-18(9-11-19)14-12-17-6-4-13(14)5-7-17/h13-14H,4-12H2,1-3H3. The molecule has 4 aliphatic rings. The van der Waals surface area contributed by atoms with Crippen molar-refractivity contribution in [3.8, 4) is 0 Å². The van der Waals surface area contributed by atoms with E-state index in [0.29, 0.717) is 6.04 Å². The molecule has 4 fully saturated rings. The summed E-state index contributed by atoms with van der Waals surface area (Å²) >= 11 is 0. The third-order valence-electron chi connectivity index (χ3n) is 5.06. The van der Waals surface area contributed by atoms with Crippen molar-refractivity contribution < 1.29 is 9.53 Å². The SMILES string of the molecule is CC(C)(C)OC(=O)N1CCN(C2CN3CCC2CC3)CC1. The van der Waals surface area contributed by atoms with Gasteiger partial charge in [-0.1, -0.05) is 0 Å². The monoisotopic (exact) mass is 295 g/mol. The Morgan fingerprint density at radius 1 is 1.00 bits per heavy atom. The van der Waals surface area contributed by atoms with Crippen LogP contribution in [0.3, 0.4) is 0 Å². The largest absolute Gasteiger partial charge is 0.444 e. The van der Waals surface area contributed by atoms with Gasteiger partial charge >= 0.3 is 6.09 Å². The van der Waals surface area contributed by atoms with E-state index in [9.17, 15) is 4.79 Å². The lowest BCUT2D eigenvalue weighted by Gasteiger charge is -2.50. The molecule has 1 amide bonds. The molecule has 4 heterocycles. The van der Waals surface area contributed by atoms with Crippen molar-refractivity contribution in [3.05, 3.63) is 0 Å². The molecule has 5 heteroatoms. The van der Waals surface area contributed by atoms with Crippen LogP contribution in [0.15, 0.2) is 0 Å². The summed E-state index contributed by atoms with van der Waals surface area (Å²) in [4.78, 5) is 19.2. The number of amides is 1. The highest BCUT2D eigenvalue weighted by molar-refractivity contribution is 5.68. The van der Waals surface area contributed by atoms with Crippen molar-refractivity contribution in [1.82, 2.24) is 14.7 Å². The zero-order chi connectivity index (χ0) is 15.0. The van der Waals surface area contributed by atoms with E-state index in [4.69, 9.17) is 4.74 Å². The average Bonchev–Trinajstić information content (AvgIpc) is 2.47. The summed E-state index contributed by atoms with van der Waals surface area (Å²) in [5, 5.41) is 0. The van der Waals surface area contributed by atoms with E-state index < -0.39 is 5.60 Å². The summed E-state index contributed by atoms with van der Waals surface area (Å²) in [5.41, 5.74) is -0.399. The quantitative estimate of drug-likeness (QED) is 0.737. The molecule has 0 radical (unpaired) electrons. The molecule has 4 aliphatic heterocycles. The van der Waals surface area contributed by atoms with E-state index in [1.807, 2.05) is 25.7 Å². The van der Waals surface area contributed by atoms with Crippen LogP contribution in [0.25, 0.3) is 0 Å². The van der Waals surface area contributed by atoms with Gasteiger partial charge in [-0.3, -0.25) is 4.90 Å². The summed E-state index contributed by atoms with van der Waals surface area (Å²) in [6.45, 7) is 13.2. The number of ether oxygens (including phenoxy) is 1. The Balaban J connectivity index is 1.50. The van der Waals surface area contributed by atoms with Crippen LogP contribution in [0.1, 0.15) is 33.6 Å². The van der Waals surface area contributed by atoms with Crippen molar-refractivity contribution in [2.24, 2.45) is 5.92 Å². The molecule has 1 unspecified atom stereocenters. The molecule has 120 valence electrons. The number of hydrogen-bond donors (Lipinski definition) is 0. The van der Waals surface area contributed by atoms with Gasteiger partial charge in [-0.25, -0.2) is 4.79 Å². The maximum absolute atomic E-state index is 12.1. The third-order valence-corrected chi connectivity index (χ3v) is 5.06. The first-order valence-electron chi connectivity index (χ1n) is 8.37. The van der Waals surface area contributed by atoms with E-state index in [1.54, 1.807) is 0 Å². The Labute approximate surface area is 128 Å². The normalized spacial score (nSPS) is 34.0. The first-order chi connectivity index (χ1) is 9.92. The van der Waals surface area contributed by atoms with Gasteiger partial charge in [0.05, 0.1) is 0 Å². The first-order valence-corrected chi connectivity index (χ1v) is 8.37. The summed E-state index contributed by atoms with van der Waals surface area (Å²) in [6, 6.07) is 0.716. The second-order valence-corrected chi connectivity index (χ2v) is 7.71. The van der Waals surface area contributed by atoms with Crippen LogP contribution in [0.5, 0.6) is 0 Å².